The summed E-state index contributed by atoms with van der Waals surface area (Å²) in [6, 6.07) is 1.69. The number of alkyl halides is 1. The highest BCUT2D eigenvalue weighted by molar-refractivity contribution is 9.09. The van der Waals surface area contributed by atoms with Crippen molar-refractivity contribution < 1.29 is 0 Å². The average molecular weight is 246 g/mol. The smallest absolute Gasteiger partial charge is 0.139 e. The van der Waals surface area contributed by atoms with E-state index in [2.05, 4.69) is 32.8 Å². The molecule has 2 nitrogen and oxygen atoms in total. The van der Waals surface area contributed by atoms with E-state index in [1.165, 1.54) is 6.20 Å². The molecule has 1 rings (SSSR count). The summed E-state index contributed by atoms with van der Waals surface area (Å²) in [5.74, 6) is 6.07. The van der Waals surface area contributed by atoms with E-state index in [4.69, 9.17) is 17.3 Å². The first-order valence-corrected chi connectivity index (χ1v) is 4.70. The zero-order valence-corrected chi connectivity index (χ0v) is 8.48. The third-order valence-corrected chi connectivity index (χ3v) is 1.66. The minimum Gasteiger partial charge on any atom is -0.383 e. The Kier molecular flexibility index (Phi) is 3.39. The summed E-state index contributed by atoms with van der Waals surface area (Å²) in [7, 11) is 0. The number of pyridine rings is 1. The fourth-order valence-corrected chi connectivity index (χ4v) is 0.977. The topological polar surface area (TPSA) is 38.9 Å². The Morgan fingerprint density at radius 1 is 1.67 bits per heavy atom. The largest absolute Gasteiger partial charge is 0.383 e. The first kappa shape index (κ1) is 9.37. The van der Waals surface area contributed by atoms with Crippen molar-refractivity contribution in [2.24, 2.45) is 0 Å². The van der Waals surface area contributed by atoms with Gasteiger partial charge in [-0.3, -0.25) is 0 Å². The minimum atomic E-state index is 0.410. The molecule has 0 saturated carbocycles. The van der Waals surface area contributed by atoms with Crippen LogP contribution in [-0.4, -0.2) is 10.3 Å². The van der Waals surface area contributed by atoms with E-state index in [1.807, 2.05) is 0 Å². The lowest BCUT2D eigenvalue weighted by atomic mass is 10.2. The van der Waals surface area contributed by atoms with Gasteiger partial charge in [0.2, 0.25) is 0 Å². The lowest BCUT2D eigenvalue weighted by Crippen LogP contribution is -1.93. The van der Waals surface area contributed by atoms with E-state index in [1.54, 1.807) is 6.07 Å². The molecule has 1 aromatic rings. The molecule has 4 heteroatoms. The summed E-state index contributed by atoms with van der Waals surface area (Å²) in [5.41, 5.74) is 6.21. The molecular formula is C8H6BrClN2. The molecule has 1 heterocycles. The molecule has 0 aliphatic rings. The molecule has 12 heavy (non-hydrogen) atoms. The van der Waals surface area contributed by atoms with Gasteiger partial charge in [-0.15, -0.1) is 0 Å². The molecule has 1 aromatic heterocycles. The van der Waals surface area contributed by atoms with Crippen molar-refractivity contribution in [1.29, 1.82) is 0 Å². The van der Waals surface area contributed by atoms with Crippen LogP contribution in [0.1, 0.15) is 5.56 Å². The molecule has 0 bridgehead atoms. The van der Waals surface area contributed by atoms with Crippen LogP contribution in [0, 0.1) is 11.8 Å². The summed E-state index contributed by atoms with van der Waals surface area (Å²) in [5, 5.41) is 1.15. The van der Waals surface area contributed by atoms with Crippen LogP contribution in [0.25, 0.3) is 0 Å². The van der Waals surface area contributed by atoms with Gasteiger partial charge in [-0.2, -0.15) is 0 Å². The predicted molar refractivity (Wildman–Crippen MR) is 54.3 cm³/mol. The second-order valence-corrected chi connectivity index (χ2v) is 3.02. The molecule has 0 atom stereocenters. The van der Waals surface area contributed by atoms with Crippen molar-refractivity contribution >= 4 is 33.3 Å². The SMILES string of the molecule is Nc1ncc(Cl)cc1C#CCBr. The summed E-state index contributed by atoms with van der Waals surface area (Å²) >= 11 is 8.88. The van der Waals surface area contributed by atoms with Gasteiger partial charge in [0, 0.05) is 6.20 Å². The first-order chi connectivity index (χ1) is 5.74. The molecule has 0 saturated heterocycles. The van der Waals surface area contributed by atoms with E-state index in [-0.39, 0.29) is 0 Å². The maximum atomic E-state index is 5.70. The Morgan fingerprint density at radius 2 is 2.42 bits per heavy atom. The summed E-state index contributed by atoms with van der Waals surface area (Å²) in [4.78, 5) is 3.86. The van der Waals surface area contributed by atoms with Crippen molar-refractivity contribution in [3.63, 3.8) is 0 Å². The molecule has 62 valence electrons. The molecule has 0 unspecified atom stereocenters. The van der Waals surface area contributed by atoms with Crippen molar-refractivity contribution in [2.45, 2.75) is 0 Å². The number of nitrogens with two attached hydrogens (primary N) is 1. The highest BCUT2D eigenvalue weighted by Crippen LogP contribution is 2.13. The second-order valence-electron chi connectivity index (χ2n) is 2.02. The first-order valence-electron chi connectivity index (χ1n) is 3.20. The van der Waals surface area contributed by atoms with Gasteiger partial charge >= 0.3 is 0 Å². The maximum absolute atomic E-state index is 5.70. The lowest BCUT2D eigenvalue weighted by Gasteiger charge is -1.95. The van der Waals surface area contributed by atoms with Crippen molar-refractivity contribution in [1.82, 2.24) is 4.98 Å². The van der Waals surface area contributed by atoms with Crippen LogP contribution in [0.4, 0.5) is 5.82 Å². The molecule has 2 N–H and O–H groups in total. The van der Waals surface area contributed by atoms with E-state index >= 15 is 0 Å². The van der Waals surface area contributed by atoms with Gasteiger partial charge in [0.05, 0.1) is 15.9 Å². The van der Waals surface area contributed by atoms with Crippen LogP contribution in [-0.2, 0) is 0 Å². The van der Waals surface area contributed by atoms with E-state index in [0.29, 0.717) is 21.7 Å². The van der Waals surface area contributed by atoms with Gasteiger partial charge in [0.15, 0.2) is 0 Å². The van der Waals surface area contributed by atoms with Crippen molar-refractivity contribution in [3.05, 3.63) is 22.8 Å². The minimum absolute atomic E-state index is 0.410. The number of nitrogens with zero attached hydrogens (tertiary/aromatic N) is 1. The van der Waals surface area contributed by atoms with Crippen LogP contribution in [0.15, 0.2) is 12.3 Å². The van der Waals surface area contributed by atoms with Gasteiger partial charge in [-0.25, -0.2) is 4.98 Å². The quantitative estimate of drug-likeness (QED) is 0.561. The molecule has 0 aliphatic heterocycles. The van der Waals surface area contributed by atoms with Crippen LogP contribution in [0.2, 0.25) is 5.02 Å². The van der Waals surface area contributed by atoms with Gasteiger partial charge < -0.3 is 5.73 Å². The zero-order chi connectivity index (χ0) is 8.97. The number of anilines is 1. The molecule has 0 aromatic carbocycles. The van der Waals surface area contributed by atoms with Gasteiger partial charge in [0.1, 0.15) is 5.82 Å². The number of halogens is 2. The Bertz CT molecular complexity index is 341. The van der Waals surface area contributed by atoms with Gasteiger partial charge in [-0.05, 0) is 6.07 Å². The summed E-state index contributed by atoms with van der Waals surface area (Å²) < 4.78 is 0. The predicted octanol–water partition coefficient (Wildman–Crippen LogP) is 2.06. The highest BCUT2D eigenvalue weighted by Gasteiger charge is 1.96. The maximum Gasteiger partial charge on any atom is 0.139 e. The number of hydrogen-bond donors (Lipinski definition) is 1. The molecule has 0 aliphatic carbocycles. The Hall–Kier alpha value is -0.720. The van der Waals surface area contributed by atoms with Crippen LogP contribution in [0.3, 0.4) is 0 Å². The molecule has 0 radical (unpaired) electrons. The van der Waals surface area contributed by atoms with E-state index in [0.717, 1.165) is 0 Å². The Morgan fingerprint density at radius 3 is 3.08 bits per heavy atom. The van der Waals surface area contributed by atoms with Crippen molar-refractivity contribution in [2.75, 3.05) is 11.1 Å². The summed E-state index contributed by atoms with van der Waals surface area (Å²) in [6.07, 6.45) is 1.50. The molecular weight excluding hydrogens is 239 g/mol. The summed E-state index contributed by atoms with van der Waals surface area (Å²) in [6.45, 7) is 0. The van der Waals surface area contributed by atoms with E-state index < -0.39 is 0 Å². The standard InChI is InChI=1S/C8H6BrClN2/c9-3-1-2-6-4-7(10)5-12-8(6)11/h4-5H,3H2,(H2,11,12). The molecule has 0 spiro atoms. The third kappa shape index (κ3) is 2.40. The second kappa shape index (κ2) is 4.34. The fourth-order valence-electron chi connectivity index (χ4n) is 0.679. The van der Waals surface area contributed by atoms with E-state index in [9.17, 15) is 0 Å². The van der Waals surface area contributed by atoms with Gasteiger partial charge in [-0.1, -0.05) is 39.4 Å². The Labute approximate surface area is 84.3 Å². The van der Waals surface area contributed by atoms with Crippen molar-refractivity contribution in [3.8, 4) is 11.8 Å². The van der Waals surface area contributed by atoms with Gasteiger partial charge in [0.25, 0.3) is 0 Å². The molecule has 0 fully saturated rings. The number of hydrogen-bond acceptors (Lipinski definition) is 2. The van der Waals surface area contributed by atoms with Crippen LogP contribution in [0.5, 0.6) is 0 Å². The zero-order valence-electron chi connectivity index (χ0n) is 6.14. The average Bonchev–Trinajstić information content (AvgIpc) is 2.07. The number of rotatable bonds is 0. The fraction of sp³-hybridized carbons (Fsp3) is 0.125. The third-order valence-electron chi connectivity index (χ3n) is 1.18. The number of nitrogen functional groups attached to an aromatic ring is 1. The van der Waals surface area contributed by atoms with Crippen LogP contribution < -0.4 is 5.73 Å². The monoisotopic (exact) mass is 244 g/mol. The normalized spacial score (nSPS) is 8.83. The molecule has 0 amide bonds. The highest BCUT2D eigenvalue weighted by atomic mass is 79.9. The van der Waals surface area contributed by atoms with Crippen LogP contribution >= 0.6 is 27.5 Å². The lowest BCUT2D eigenvalue weighted by molar-refractivity contribution is 1.32. The Balaban J connectivity index is 3.05. The number of aromatic nitrogens is 1.